The Hall–Kier alpha value is -1.68. The van der Waals surface area contributed by atoms with Crippen LogP contribution in [0.2, 0.25) is 0 Å². The molecule has 4 heteroatoms. The normalized spacial score (nSPS) is 10.8. The van der Waals surface area contributed by atoms with Gasteiger partial charge < -0.3 is 5.32 Å². The van der Waals surface area contributed by atoms with Crippen LogP contribution in [0.4, 0.5) is 0 Å². The zero-order chi connectivity index (χ0) is 13.0. The fraction of sp³-hybridized carbons (Fsp3) is 0.429. The van der Waals surface area contributed by atoms with E-state index in [1.807, 2.05) is 17.0 Å². The summed E-state index contributed by atoms with van der Waals surface area (Å²) < 4.78 is 2.05. The van der Waals surface area contributed by atoms with Crippen LogP contribution in [0.3, 0.4) is 0 Å². The van der Waals surface area contributed by atoms with E-state index in [1.54, 1.807) is 0 Å². The van der Waals surface area contributed by atoms with Crippen molar-refractivity contribution in [2.75, 3.05) is 6.54 Å². The van der Waals surface area contributed by atoms with Gasteiger partial charge in [0.25, 0.3) is 0 Å². The molecule has 0 atom stereocenters. The average molecular weight is 244 g/mol. The van der Waals surface area contributed by atoms with Gasteiger partial charge in [-0.15, -0.1) is 0 Å². The van der Waals surface area contributed by atoms with E-state index >= 15 is 0 Å². The number of aryl methyl sites for hydroxylation is 2. The third kappa shape index (κ3) is 2.59. The smallest absolute Gasteiger partial charge is 0.138 e. The maximum absolute atomic E-state index is 4.66. The maximum atomic E-state index is 4.66. The van der Waals surface area contributed by atoms with Crippen LogP contribution in [-0.4, -0.2) is 21.1 Å². The Morgan fingerprint density at radius 3 is 2.78 bits per heavy atom. The number of hydrogen-bond donors (Lipinski definition) is 1. The molecule has 0 saturated carbocycles. The first-order chi connectivity index (χ1) is 8.76. The number of rotatable bonds is 5. The molecular formula is C14H20N4. The maximum Gasteiger partial charge on any atom is 0.138 e. The van der Waals surface area contributed by atoms with Crippen LogP contribution < -0.4 is 5.32 Å². The molecule has 0 saturated heterocycles. The fourth-order valence-corrected chi connectivity index (χ4v) is 1.96. The highest BCUT2D eigenvalue weighted by Gasteiger charge is 2.06. The second kappa shape index (κ2) is 5.78. The van der Waals surface area contributed by atoms with Gasteiger partial charge in [0.2, 0.25) is 0 Å². The highest BCUT2D eigenvalue weighted by atomic mass is 15.1. The van der Waals surface area contributed by atoms with Gasteiger partial charge in [-0.3, -0.25) is 4.57 Å². The lowest BCUT2D eigenvalue weighted by Crippen LogP contribution is -2.13. The van der Waals surface area contributed by atoms with Crippen LogP contribution in [-0.2, 0) is 13.0 Å². The lowest BCUT2D eigenvalue weighted by molar-refractivity contribution is 0.718. The van der Waals surface area contributed by atoms with E-state index in [9.17, 15) is 0 Å². The van der Waals surface area contributed by atoms with Crippen molar-refractivity contribution in [1.29, 1.82) is 0 Å². The van der Waals surface area contributed by atoms with E-state index < -0.39 is 0 Å². The van der Waals surface area contributed by atoms with Crippen LogP contribution in [0.1, 0.15) is 30.9 Å². The Morgan fingerprint density at radius 1 is 1.28 bits per heavy atom. The lowest BCUT2D eigenvalue weighted by Gasteiger charge is -2.10. The van der Waals surface area contributed by atoms with Crippen molar-refractivity contribution < 1.29 is 0 Å². The molecule has 1 N–H and O–H groups in total. The summed E-state index contributed by atoms with van der Waals surface area (Å²) in [7, 11) is 0. The van der Waals surface area contributed by atoms with Crippen molar-refractivity contribution in [3.63, 3.8) is 0 Å². The van der Waals surface area contributed by atoms with Crippen LogP contribution in [0.25, 0.3) is 5.82 Å². The largest absolute Gasteiger partial charge is 0.313 e. The summed E-state index contributed by atoms with van der Waals surface area (Å²) in [5, 5.41) is 3.32. The zero-order valence-electron chi connectivity index (χ0n) is 11.3. The van der Waals surface area contributed by atoms with E-state index in [0.29, 0.717) is 0 Å². The SMILES string of the molecule is CCNCc1ccc(-n2ccnc2CC)nc1C. The highest BCUT2D eigenvalue weighted by molar-refractivity contribution is 5.31. The zero-order valence-corrected chi connectivity index (χ0v) is 11.3. The molecule has 0 aliphatic rings. The molecule has 0 fully saturated rings. The number of pyridine rings is 1. The molecule has 0 radical (unpaired) electrons. The van der Waals surface area contributed by atoms with Crippen molar-refractivity contribution in [2.24, 2.45) is 0 Å². The number of nitrogens with zero attached hydrogens (tertiary/aromatic N) is 3. The Bertz CT molecular complexity index is 516. The van der Waals surface area contributed by atoms with Crippen molar-refractivity contribution >= 4 is 0 Å². The Morgan fingerprint density at radius 2 is 2.11 bits per heavy atom. The van der Waals surface area contributed by atoms with Crippen LogP contribution in [0.5, 0.6) is 0 Å². The third-order valence-electron chi connectivity index (χ3n) is 3.03. The number of aromatic nitrogens is 3. The molecule has 2 aromatic rings. The van der Waals surface area contributed by atoms with E-state index in [2.05, 4.69) is 48.2 Å². The minimum absolute atomic E-state index is 0.875. The van der Waals surface area contributed by atoms with Gasteiger partial charge in [0, 0.05) is 31.1 Å². The number of imidazole rings is 1. The highest BCUT2D eigenvalue weighted by Crippen LogP contribution is 2.12. The molecule has 18 heavy (non-hydrogen) atoms. The third-order valence-corrected chi connectivity index (χ3v) is 3.03. The Balaban J connectivity index is 2.28. The lowest BCUT2D eigenvalue weighted by atomic mass is 10.2. The molecule has 0 aromatic carbocycles. The van der Waals surface area contributed by atoms with Crippen LogP contribution >= 0.6 is 0 Å². The van der Waals surface area contributed by atoms with Gasteiger partial charge in [0.05, 0.1) is 0 Å². The summed E-state index contributed by atoms with van der Waals surface area (Å²) >= 11 is 0. The first kappa shape index (κ1) is 12.8. The van der Waals surface area contributed by atoms with Gasteiger partial charge in [0.1, 0.15) is 11.6 Å². The summed E-state index contributed by atoms with van der Waals surface area (Å²) in [6.07, 6.45) is 4.69. The monoisotopic (exact) mass is 244 g/mol. The molecule has 0 unspecified atom stereocenters. The second-order valence-electron chi connectivity index (χ2n) is 4.26. The van der Waals surface area contributed by atoms with E-state index in [1.165, 1.54) is 5.56 Å². The molecular weight excluding hydrogens is 224 g/mol. The molecule has 2 rings (SSSR count). The van der Waals surface area contributed by atoms with E-state index in [0.717, 1.165) is 36.8 Å². The van der Waals surface area contributed by atoms with E-state index in [-0.39, 0.29) is 0 Å². The summed E-state index contributed by atoms with van der Waals surface area (Å²) in [5.74, 6) is 1.99. The minimum atomic E-state index is 0.875. The van der Waals surface area contributed by atoms with Gasteiger partial charge >= 0.3 is 0 Å². The molecule has 96 valence electrons. The van der Waals surface area contributed by atoms with Crippen LogP contribution in [0.15, 0.2) is 24.5 Å². The van der Waals surface area contributed by atoms with Gasteiger partial charge in [-0.1, -0.05) is 19.9 Å². The molecule has 0 amide bonds. The van der Waals surface area contributed by atoms with Crippen molar-refractivity contribution in [2.45, 2.75) is 33.7 Å². The Kier molecular flexibility index (Phi) is 4.10. The molecule has 2 heterocycles. The number of hydrogen-bond acceptors (Lipinski definition) is 3. The van der Waals surface area contributed by atoms with Gasteiger partial charge in [-0.25, -0.2) is 9.97 Å². The van der Waals surface area contributed by atoms with Crippen molar-refractivity contribution in [1.82, 2.24) is 19.9 Å². The van der Waals surface area contributed by atoms with Crippen molar-refractivity contribution in [3.8, 4) is 5.82 Å². The second-order valence-corrected chi connectivity index (χ2v) is 4.26. The summed E-state index contributed by atoms with van der Waals surface area (Å²) in [5.41, 5.74) is 2.32. The van der Waals surface area contributed by atoms with Crippen LogP contribution in [0, 0.1) is 6.92 Å². The number of nitrogens with one attached hydrogen (secondary N) is 1. The predicted molar refractivity (Wildman–Crippen MR) is 72.9 cm³/mol. The molecule has 0 spiro atoms. The first-order valence-electron chi connectivity index (χ1n) is 6.46. The van der Waals surface area contributed by atoms with E-state index in [4.69, 9.17) is 0 Å². The topological polar surface area (TPSA) is 42.7 Å². The molecule has 2 aromatic heterocycles. The summed E-state index contributed by atoms with van der Waals surface area (Å²) in [6.45, 7) is 8.11. The van der Waals surface area contributed by atoms with Gasteiger partial charge in [-0.2, -0.15) is 0 Å². The van der Waals surface area contributed by atoms with Crippen molar-refractivity contribution in [3.05, 3.63) is 41.6 Å². The van der Waals surface area contributed by atoms with Gasteiger partial charge in [0.15, 0.2) is 0 Å². The summed E-state index contributed by atoms with van der Waals surface area (Å²) in [6, 6.07) is 4.19. The fourth-order valence-electron chi connectivity index (χ4n) is 1.96. The standard InChI is InChI=1S/C14H20N4/c1-4-13-16-8-9-18(13)14-7-6-12(10-15-5-2)11(3)17-14/h6-9,15H,4-5,10H2,1-3H3. The van der Waals surface area contributed by atoms with Gasteiger partial charge in [-0.05, 0) is 25.1 Å². The average Bonchev–Trinajstić information content (AvgIpc) is 2.85. The minimum Gasteiger partial charge on any atom is -0.313 e. The Labute approximate surface area is 108 Å². The molecule has 0 aliphatic heterocycles. The quantitative estimate of drug-likeness (QED) is 0.877. The molecule has 0 bridgehead atoms. The molecule has 0 aliphatic carbocycles. The molecule has 4 nitrogen and oxygen atoms in total. The first-order valence-corrected chi connectivity index (χ1v) is 6.46. The predicted octanol–water partition coefficient (Wildman–Crippen LogP) is 2.25. The summed E-state index contributed by atoms with van der Waals surface area (Å²) in [4.78, 5) is 8.98.